The van der Waals surface area contributed by atoms with Crippen LogP contribution in [-0.2, 0) is 16.6 Å². The second-order valence-corrected chi connectivity index (χ2v) is 7.78. The Morgan fingerprint density at radius 1 is 1.06 bits per heavy atom. The van der Waals surface area contributed by atoms with E-state index in [0.717, 1.165) is 0 Å². The number of rotatable bonds is 8. The molecule has 2 aromatic carbocycles. The summed E-state index contributed by atoms with van der Waals surface area (Å²) >= 11 is 1.20. The summed E-state index contributed by atoms with van der Waals surface area (Å²) in [5.41, 5.74) is 1.21. The van der Waals surface area contributed by atoms with Crippen molar-refractivity contribution in [2.24, 2.45) is 7.05 Å². The second-order valence-electron chi connectivity index (χ2n) is 6.83. The van der Waals surface area contributed by atoms with Crippen LogP contribution in [-0.4, -0.2) is 45.4 Å². The lowest BCUT2D eigenvalue weighted by Gasteiger charge is -2.13. The molecule has 0 saturated heterocycles. The summed E-state index contributed by atoms with van der Waals surface area (Å²) in [6.07, 6.45) is 0. The van der Waals surface area contributed by atoms with Crippen LogP contribution in [0.25, 0.3) is 0 Å². The van der Waals surface area contributed by atoms with Crippen molar-refractivity contribution in [1.82, 2.24) is 20.1 Å². The number of thioether (sulfide) groups is 1. The van der Waals surface area contributed by atoms with Gasteiger partial charge in [-0.25, -0.2) is 4.79 Å². The number of carbonyl (C=O) groups is 3. The Balaban J connectivity index is 1.60. The summed E-state index contributed by atoms with van der Waals surface area (Å²) in [7, 11) is 3.05. The van der Waals surface area contributed by atoms with Crippen molar-refractivity contribution in [1.29, 1.82) is 0 Å². The van der Waals surface area contributed by atoms with Gasteiger partial charge in [-0.15, -0.1) is 10.2 Å². The molecule has 0 saturated carbocycles. The minimum absolute atomic E-state index is 0.0617. The summed E-state index contributed by atoms with van der Waals surface area (Å²) in [6, 6.07) is 15.1. The van der Waals surface area contributed by atoms with Crippen LogP contribution in [0.2, 0.25) is 0 Å². The summed E-state index contributed by atoms with van der Waals surface area (Å²) < 4.78 is 6.47. The van der Waals surface area contributed by atoms with Gasteiger partial charge in [-0.2, -0.15) is 0 Å². The Bertz CT molecular complexity index is 1120. The number of hydrogen-bond acceptors (Lipinski definition) is 7. The summed E-state index contributed by atoms with van der Waals surface area (Å²) in [5, 5.41) is 14.4. The molecule has 3 aromatic rings. The molecule has 0 aliphatic carbocycles. The number of hydrogen-bond donors (Lipinski definition) is 2. The molecule has 0 unspecified atom stereocenters. The van der Waals surface area contributed by atoms with E-state index in [-0.39, 0.29) is 29.2 Å². The Morgan fingerprint density at radius 3 is 2.47 bits per heavy atom. The van der Waals surface area contributed by atoms with Crippen molar-refractivity contribution in [2.75, 3.05) is 18.2 Å². The summed E-state index contributed by atoms with van der Waals surface area (Å²) in [4.78, 5) is 36.6. The number of benzene rings is 2. The molecule has 32 heavy (non-hydrogen) atoms. The summed E-state index contributed by atoms with van der Waals surface area (Å²) in [5.74, 6) is -0.418. The highest BCUT2D eigenvalue weighted by Gasteiger charge is 2.19. The number of nitrogens with one attached hydrogen (secondary N) is 2. The largest absolute Gasteiger partial charge is 0.465 e. The first-order valence-corrected chi connectivity index (χ1v) is 10.7. The topological polar surface area (TPSA) is 115 Å². The van der Waals surface area contributed by atoms with E-state index in [4.69, 9.17) is 4.74 Å². The number of aromatic nitrogens is 3. The number of ether oxygens (including phenoxy) is 1. The third kappa shape index (κ3) is 5.52. The van der Waals surface area contributed by atoms with E-state index in [0.29, 0.717) is 22.2 Å². The van der Waals surface area contributed by atoms with Crippen molar-refractivity contribution < 1.29 is 19.1 Å². The van der Waals surface area contributed by atoms with Gasteiger partial charge in [0, 0.05) is 12.6 Å². The van der Waals surface area contributed by atoms with E-state index >= 15 is 0 Å². The highest BCUT2D eigenvalue weighted by Crippen LogP contribution is 2.21. The minimum Gasteiger partial charge on any atom is -0.465 e. The molecule has 1 atom stereocenters. The quantitative estimate of drug-likeness (QED) is 0.398. The van der Waals surface area contributed by atoms with Gasteiger partial charge in [-0.05, 0) is 31.2 Å². The third-order valence-electron chi connectivity index (χ3n) is 4.58. The number of methoxy groups -OCH3 is 1. The number of esters is 1. The Hall–Kier alpha value is -3.66. The Kier molecular flexibility index (Phi) is 7.61. The van der Waals surface area contributed by atoms with Crippen molar-refractivity contribution in [2.45, 2.75) is 18.1 Å². The third-order valence-corrected chi connectivity index (χ3v) is 5.60. The van der Waals surface area contributed by atoms with Gasteiger partial charge in [0.15, 0.2) is 11.0 Å². The summed E-state index contributed by atoms with van der Waals surface area (Å²) in [6.45, 7) is 1.82. The number of carbonyl (C=O) groups excluding carboxylic acids is 3. The molecule has 0 fully saturated rings. The van der Waals surface area contributed by atoms with E-state index in [1.807, 2.05) is 13.0 Å². The smallest absolute Gasteiger partial charge is 0.339 e. The molecule has 2 N–H and O–H groups in total. The lowest BCUT2D eigenvalue weighted by Crippen LogP contribution is -2.28. The predicted molar refractivity (Wildman–Crippen MR) is 120 cm³/mol. The molecule has 0 spiro atoms. The van der Waals surface area contributed by atoms with Crippen molar-refractivity contribution in [3.05, 3.63) is 71.5 Å². The SMILES string of the molecule is COC(=O)c1ccccc1NC(=O)CSc1nnc([C@H](C)NC(=O)c2ccccc2)n1C. The van der Waals surface area contributed by atoms with Crippen LogP contribution in [0, 0.1) is 0 Å². The normalized spacial score (nSPS) is 11.5. The second kappa shape index (κ2) is 10.6. The molecule has 0 aliphatic heterocycles. The zero-order chi connectivity index (χ0) is 23.1. The number of para-hydroxylation sites is 1. The van der Waals surface area contributed by atoms with E-state index in [1.165, 1.54) is 18.9 Å². The van der Waals surface area contributed by atoms with Crippen LogP contribution in [0.5, 0.6) is 0 Å². The molecule has 3 rings (SSSR count). The molecule has 1 heterocycles. The maximum absolute atomic E-state index is 12.4. The van der Waals surface area contributed by atoms with Crippen LogP contribution < -0.4 is 10.6 Å². The van der Waals surface area contributed by atoms with Crippen LogP contribution in [0.4, 0.5) is 5.69 Å². The fourth-order valence-electron chi connectivity index (χ4n) is 2.96. The van der Waals surface area contributed by atoms with Gasteiger partial charge >= 0.3 is 5.97 Å². The average molecular weight is 454 g/mol. The monoisotopic (exact) mass is 453 g/mol. The van der Waals surface area contributed by atoms with Crippen molar-refractivity contribution >= 4 is 35.2 Å². The van der Waals surface area contributed by atoms with Gasteiger partial charge in [-0.1, -0.05) is 42.1 Å². The van der Waals surface area contributed by atoms with Crippen LogP contribution in [0.1, 0.15) is 39.5 Å². The molecule has 166 valence electrons. The predicted octanol–water partition coefficient (Wildman–Crippen LogP) is 2.82. The number of nitrogens with zero attached hydrogens (tertiary/aromatic N) is 3. The van der Waals surface area contributed by atoms with E-state index in [9.17, 15) is 14.4 Å². The molecule has 9 nitrogen and oxygen atoms in total. The van der Waals surface area contributed by atoms with Crippen LogP contribution in [0.15, 0.2) is 59.8 Å². The highest BCUT2D eigenvalue weighted by atomic mass is 32.2. The fraction of sp³-hybridized carbons (Fsp3) is 0.227. The first kappa shape index (κ1) is 23.0. The molecule has 2 amide bonds. The van der Waals surface area contributed by atoms with Crippen molar-refractivity contribution in [3.63, 3.8) is 0 Å². The number of anilines is 1. The Morgan fingerprint density at radius 2 is 1.75 bits per heavy atom. The minimum atomic E-state index is -0.530. The van der Waals surface area contributed by atoms with Gasteiger partial charge in [0.25, 0.3) is 5.91 Å². The van der Waals surface area contributed by atoms with Crippen LogP contribution >= 0.6 is 11.8 Å². The van der Waals surface area contributed by atoms with Gasteiger partial charge in [0.1, 0.15) is 0 Å². The number of amides is 2. The van der Waals surface area contributed by atoms with Gasteiger partial charge < -0.3 is 19.9 Å². The average Bonchev–Trinajstić information content (AvgIpc) is 3.18. The maximum atomic E-state index is 12.4. The van der Waals surface area contributed by atoms with E-state index < -0.39 is 5.97 Å². The maximum Gasteiger partial charge on any atom is 0.339 e. The first-order chi connectivity index (χ1) is 15.4. The first-order valence-electron chi connectivity index (χ1n) is 9.76. The lowest BCUT2D eigenvalue weighted by molar-refractivity contribution is -0.113. The van der Waals surface area contributed by atoms with E-state index in [2.05, 4.69) is 20.8 Å². The van der Waals surface area contributed by atoms with Gasteiger partial charge in [0.05, 0.1) is 30.2 Å². The lowest BCUT2D eigenvalue weighted by atomic mass is 10.2. The molecule has 1 aromatic heterocycles. The zero-order valence-electron chi connectivity index (χ0n) is 17.9. The highest BCUT2D eigenvalue weighted by molar-refractivity contribution is 7.99. The van der Waals surface area contributed by atoms with Gasteiger partial charge in [0.2, 0.25) is 5.91 Å². The standard InChI is InChI=1S/C22H23N5O4S/c1-14(23-20(29)15-9-5-4-6-10-15)19-25-26-22(27(19)2)32-13-18(28)24-17-12-8-7-11-16(17)21(30)31-3/h4-12,14H,13H2,1-3H3,(H,23,29)(H,24,28)/t14-/m0/s1. The molecule has 0 bridgehead atoms. The van der Waals surface area contributed by atoms with Crippen LogP contribution in [0.3, 0.4) is 0 Å². The molecule has 0 radical (unpaired) electrons. The van der Waals surface area contributed by atoms with Gasteiger partial charge in [-0.3, -0.25) is 9.59 Å². The Labute approximate surface area is 189 Å². The van der Waals surface area contributed by atoms with E-state index in [1.54, 1.807) is 60.1 Å². The van der Waals surface area contributed by atoms with Crippen molar-refractivity contribution in [3.8, 4) is 0 Å². The zero-order valence-corrected chi connectivity index (χ0v) is 18.7. The molecular formula is C22H23N5O4S. The molecular weight excluding hydrogens is 430 g/mol. The molecule has 10 heteroatoms. The molecule has 0 aliphatic rings. The fourth-order valence-corrected chi connectivity index (χ4v) is 3.68.